The van der Waals surface area contributed by atoms with Crippen molar-refractivity contribution < 1.29 is 9.31 Å². The van der Waals surface area contributed by atoms with Crippen LogP contribution < -0.4 is 5.32 Å². The molecular weight excluding hydrogens is 243 g/mol. The first kappa shape index (κ1) is 12.2. The van der Waals surface area contributed by atoms with E-state index in [9.17, 15) is 14.5 Å². The second-order valence-corrected chi connectivity index (χ2v) is 5.43. The highest BCUT2D eigenvalue weighted by Crippen LogP contribution is 2.47. The topological polar surface area (TPSA) is 55.2 Å². The molecule has 6 heteroatoms. The highest BCUT2D eigenvalue weighted by Gasteiger charge is 2.41. The first-order chi connectivity index (χ1) is 8.06. The van der Waals surface area contributed by atoms with Gasteiger partial charge in [0.15, 0.2) is 0 Å². The number of nitrogens with zero attached hydrogens (tertiary/aromatic N) is 1. The van der Waals surface area contributed by atoms with E-state index in [2.05, 4.69) is 5.32 Å². The number of rotatable bonds is 5. The summed E-state index contributed by atoms with van der Waals surface area (Å²) in [5.41, 5.74) is 0.179. The van der Waals surface area contributed by atoms with Crippen molar-refractivity contribution in [3.63, 3.8) is 0 Å². The molecule has 1 N–H and O–H groups in total. The van der Waals surface area contributed by atoms with Crippen LogP contribution in [0.25, 0.3) is 0 Å². The summed E-state index contributed by atoms with van der Waals surface area (Å²) in [5, 5.41) is 13.8. The minimum Gasteiger partial charge on any atom is -0.378 e. The van der Waals surface area contributed by atoms with Crippen molar-refractivity contribution >= 4 is 23.1 Å². The molecule has 0 aromatic heterocycles. The van der Waals surface area contributed by atoms with E-state index >= 15 is 0 Å². The van der Waals surface area contributed by atoms with Gasteiger partial charge in [-0.1, -0.05) is 0 Å². The molecule has 0 aliphatic heterocycles. The molecule has 0 atom stereocenters. The Morgan fingerprint density at radius 2 is 2.29 bits per heavy atom. The number of nitro groups is 1. The lowest BCUT2D eigenvalue weighted by molar-refractivity contribution is -0.384. The summed E-state index contributed by atoms with van der Waals surface area (Å²) in [6.07, 6.45) is 4.23. The van der Waals surface area contributed by atoms with Gasteiger partial charge in [-0.2, -0.15) is 11.8 Å². The smallest absolute Gasteiger partial charge is 0.292 e. The number of benzene rings is 1. The van der Waals surface area contributed by atoms with E-state index in [4.69, 9.17) is 0 Å². The Kier molecular flexibility index (Phi) is 3.24. The largest absolute Gasteiger partial charge is 0.378 e. The SMILES string of the molecule is CSC1(CNc2cc(F)ccc2[N+](=O)[O-])CC1. The molecule has 1 aromatic carbocycles. The van der Waals surface area contributed by atoms with Crippen LogP contribution in [0.1, 0.15) is 12.8 Å². The van der Waals surface area contributed by atoms with E-state index in [1.54, 1.807) is 11.8 Å². The number of nitrogens with one attached hydrogen (secondary N) is 1. The van der Waals surface area contributed by atoms with E-state index in [1.165, 1.54) is 12.1 Å². The maximum absolute atomic E-state index is 13.1. The first-order valence-corrected chi connectivity index (χ1v) is 6.52. The number of hydrogen-bond acceptors (Lipinski definition) is 4. The van der Waals surface area contributed by atoms with Gasteiger partial charge >= 0.3 is 0 Å². The molecule has 0 radical (unpaired) electrons. The van der Waals surface area contributed by atoms with Crippen molar-refractivity contribution in [2.45, 2.75) is 17.6 Å². The zero-order valence-electron chi connectivity index (χ0n) is 9.40. The van der Waals surface area contributed by atoms with Crippen LogP contribution in [0, 0.1) is 15.9 Å². The molecule has 2 rings (SSSR count). The Hall–Kier alpha value is -1.30. The number of nitro benzene ring substituents is 1. The summed E-state index contributed by atoms with van der Waals surface area (Å²) in [6, 6.07) is 3.47. The second-order valence-electron chi connectivity index (χ2n) is 4.16. The summed E-state index contributed by atoms with van der Waals surface area (Å²) >= 11 is 1.75. The summed E-state index contributed by atoms with van der Waals surface area (Å²) in [6.45, 7) is 0.637. The highest BCUT2D eigenvalue weighted by molar-refractivity contribution is 8.00. The molecule has 0 spiro atoms. The third kappa shape index (κ3) is 2.69. The molecule has 4 nitrogen and oxygen atoms in total. The average molecular weight is 256 g/mol. The lowest BCUT2D eigenvalue weighted by Gasteiger charge is -2.14. The van der Waals surface area contributed by atoms with E-state index in [1.807, 2.05) is 6.26 Å². The van der Waals surface area contributed by atoms with Crippen molar-refractivity contribution in [2.24, 2.45) is 0 Å². The number of halogens is 1. The monoisotopic (exact) mass is 256 g/mol. The maximum Gasteiger partial charge on any atom is 0.292 e. The van der Waals surface area contributed by atoms with Crippen LogP contribution in [0.15, 0.2) is 18.2 Å². The summed E-state index contributed by atoms with van der Waals surface area (Å²) < 4.78 is 13.2. The normalized spacial score (nSPS) is 16.6. The second kappa shape index (κ2) is 4.52. The van der Waals surface area contributed by atoms with Crippen LogP contribution in [0.3, 0.4) is 0 Å². The lowest BCUT2D eigenvalue weighted by Crippen LogP contribution is -2.18. The molecule has 92 valence electrons. The van der Waals surface area contributed by atoms with Crippen LogP contribution in [0.5, 0.6) is 0 Å². The van der Waals surface area contributed by atoms with E-state index < -0.39 is 10.7 Å². The van der Waals surface area contributed by atoms with Gasteiger partial charge in [-0.05, 0) is 25.2 Å². The van der Waals surface area contributed by atoms with Gasteiger partial charge in [-0.15, -0.1) is 0 Å². The van der Waals surface area contributed by atoms with Crippen molar-refractivity contribution in [3.8, 4) is 0 Å². The highest BCUT2D eigenvalue weighted by atomic mass is 32.2. The Labute approximate surface area is 103 Å². The molecule has 0 saturated heterocycles. The fourth-order valence-corrected chi connectivity index (χ4v) is 2.38. The van der Waals surface area contributed by atoms with Crippen molar-refractivity contribution in [1.82, 2.24) is 0 Å². The molecule has 0 amide bonds. The van der Waals surface area contributed by atoms with E-state index in [0.29, 0.717) is 6.54 Å². The minimum absolute atomic E-state index is 0.0803. The van der Waals surface area contributed by atoms with Gasteiger partial charge in [0.2, 0.25) is 0 Å². The van der Waals surface area contributed by atoms with Gasteiger partial charge in [0.05, 0.1) is 4.92 Å². The third-order valence-corrected chi connectivity index (χ3v) is 4.42. The Morgan fingerprint density at radius 3 is 2.82 bits per heavy atom. The number of hydrogen-bond donors (Lipinski definition) is 1. The molecule has 1 aliphatic carbocycles. The van der Waals surface area contributed by atoms with Crippen LogP contribution >= 0.6 is 11.8 Å². The van der Waals surface area contributed by atoms with Crippen LogP contribution in [-0.4, -0.2) is 22.5 Å². The van der Waals surface area contributed by atoms with E-state index in [-0.39, 0.29) is 16.1 Å². The summed E-state index contributed by atoms with van der Waals surface area (Å²) in [7, 11) is 0. The molecule has 0 unspecified atom stereocenters. The Morgan fingerprint density at radius 1 is 1.59 bits per heavy atom. The Bertz CT molecular complexity index is 449. The molecule has 1 aliphatic rings. The molecule has 1 saturated carbocycles. The average Bonchev–Trinajstić information content (AvgIpc) is 3.07. The zero-order valence-corrected chi connectivity index (χ0v) is 10.2. The quantitative estimate of drug-likeness (QED) is 0.650. The molecule has 1 aromatic rings. The van der Waals surface area contributed by atoms with Gasteiger partial charge in [0.1, 0.15) is 11.5 Å². The van der Waals surface area contributed by atoms with Gasteiger partial charge < -0.3 is 5.32 Å². The van der Waals surface area contributed by atoms with Gasteiger partial charge in [0.25, 0.3) is 5.69 Å². The number of thioether (sulfide) groups is 1. The molecular formula is C11H13FN2O2S. The van der Waals surface area contributed by atoms with Gasteiger partial charge in [0, 0.05) is 23.4 Å². The van der Waals surface area contributed by atoms with Crippen molar-refractivity contribution in [1.29, 1.82) is 0 Å². The maximum atomic E-state index is 13.1. The fourth-order valence-electron chi connectivity index (χ4n) is 1.66. The minimum atomic E-state index is -0.500. The fraction of sp³-hybridized carbons (Fsp3) is 0.455. The van der Waals surface area contributed by atoms with Crippen molar-refractivity contribution in [3.05, 3.63) is 34.1 Å². The predicted molar refractivity (Wildman–Crippen MR) is 67.0 cm³/mol. The molecule has 17 heavy (non-hydrogen) atoms. The Balaban J connectivity index is 2.13. The van der Waals surface area contributed by atoms with Gasteiger partial charge in [-0.3, -0.25) is 10.1 Å². The summed E-state index contributed by atoms with van der Waals surface area (Å²) in [4.78, 5) is 10.3. The molecule has 0 bridgehead atoms. The summed E-state index contributed by atoms with van der Waals surface area (Å²) in [5.74, 6) is -0.466. The van der Waals surface area contributed by atoms with Crippen LogP contribution in [0.4, 0.5) is 15.8 Å². The molecule has 0 heterocycles. The standard InChI is InChI=1S/C11H13FN2O2S/c1-17-11(4-5-11)7-13-9-6-8(12)2-3-10(9)14(15)16/h2-3,6,13H,4-5,7H2,1H3. The van der Waals surface area contributed by atoms with E-state index in [0.717, 1.165) is 18.9 Å². The predicted octanol–water partition coefficient (Wildman–Crippen LogP) is 3.04. The zero-order chi connectivity index (χ0) is 12.5. The van der Waals surface area contributed by atoms with Crippen molar-refractivity contribution in [2.75, 3.05) is 18.1 Å². The van der Waals surface area contributed by atoms with Gasteiger partial charge in [-0.25, -0.2) is 4.39 Å². The van der Waals surface area contributed by atoms with Crippen LogP contribution in [0.2, 0.25) is 0 Å². The number of anilines is 1. The first-order valence-electron chi connectivity index (χ1n) is 5.29. The molecule has 1 fully saturated rings. The lowest BCUT2D eigenvalue weighted by atomic mass is 10.2. The van der Waals surface area contributed by atoms with Crippen LogP contribution in [-0.2, 0) is 0 Å². The third-order valence-electron chi connectivity index (χ3n) is 3.00.